The predicted molar refractivity (Wildman–Crippen MR) is 106 cm³/mol. The van der Waals surface area contributed by atoms with E-state index in [0.29, 0.717) is 17.0 Å². The minimum Gasteiger partial charge on any atom is -0.484 e. The van der Waals surface area contributed by atoms with Gasteiger partial charge in [0, 0.05) is 13.1 Å². The van der Waals surface area contributed by atoms with Crippen molar-refractivity contribution in [3.8, 4) is 5.75 Å². The number of nitrogens with one attached hydrogen (secondary N) is 1. The van der Waals surface area contributed by atoms with Gasteiger partial charge >= 0.3 is 0 Å². The Labute approximate surface area is 160 Å². The van der Waals surface area contributed by atoms with Gasteiger partial charge in [0.15, 0.2) is 6.61 Å². The summed E-state index contributed by atoms with van der Waals surface area (Å²) in [5, 5.41) is 2.82. The standard InChI is InChI=1S/C22H26N2O3/c1-17-10-12-18(13-11-17)27-16-21(25)23-20-9-5-4-8-19(20)22(26)24-14-6-2-3-7-15-24/h4-5,8-13H,2-3,6-7,14-16H2,1H3,(H,23,25). The number of hydrogen-bond donors (Lipinski definition) is 1. The lowest BCUT2D eigenvalue weighted by molar-refractivity contribution is -0.118. The molecule has 1 fully saturated rings. The molecule has 1 aliphatic heterocycles. The third-order valence-electron chi connectivity index (χ3n) is 4.72. The van der Waals surface area contributed by atoms with Gasteiger partial charge < -0.3 is 15.0 Å². The van der Waals surface area contributed by atoms with E-state index in [0.717, 1.165) is 31.5 Å². The highest BCUT2D eigenvalue weighted by Crippen LogP contribution is 2.20. The number of nitrogens with zero attached hydrogens (tertiary/aromatic N) is 1. The molecule has 0 unspecified atom stereocenters. The smallest absolute Gasteiger partial charge is 0.262 e. The van der Waals surface area contributed by atoms with Crippen LogP contribution in [0.5, 0.6) is 5.75 Å². The van der Waals surface area contributed by atoms with Gasteiger partial charge in [0.05, 0.1) is 11.3 Å². The van der Waals surface area contributed by atoms with E-state index < -0.39 is 0 Å². The number of amides is 2. The number of carbonyl (C=O) groups is 2. The Kier molecular flexibility index (Phi) is 6.47. The second-order valence-corrected chi connectivity index (χ2v) is 6.90. The fraction of sp³-hybridized carbons (Fsp3) is 0.364. The number of para-hydroxylation sites is 1. The number of carbonyl (C=O) groups excluding carboxylic acids is 2. The van der Waals surface area contributed by atoms with Crippen LogP contribution >= 0.6 is 0 Å². The van der Waals surface area contributed by atoms with Crippen LogP contribution in [0.2, 0.25) is 0 Å². The molecule has 0 radical (unpaired) electrons. The Hall–Kier alpha value is -2.82. The molecule has 5 nitrogen and oxygen atoms in total. The summed E-state index contributed by atoms with van der Waals surface area (Å²) in [6.07, 6.45) is 4.40. The maximum absolute atomic E-state index is 12.9. The van der Waals surface area contributed by atoms with Gasteiger partial charge in [-0.25, -0.2) is 0 Å². The molecular weight excluding hydrogens is 340 g/mol. The van der Waals surface area contributed by atoms with Gasteiger partial charge in [0.1, 0.15) is 5.75 Å². The maximum atomic E-state index is 12.9. The van der Waals surface area contributed by atoms with E-state index in [-0.39, 0.29) is 18.4 Å². The molecule has 2 amide bonds. The average Bonchev–Trinajstić information content (AvgIpc) is 2.97. The van der Waals surface area contributed by atoms with Crippen molar-refractivity contribution in [2.24, 2.45) is 0 Å². The number of benzene rings is 2. The summed E-state index contributed by atoms with van der Waals surface area (Å²) in [7, 11) is 0. The monoisotopic (exact) mass is 366 g/mol. The second-order valence-electron chi connectivity index (χ2n) is 6.90. The van der Waals surface area contributed by atoms with Crippen LogP contribution in [0.4, 0.5) is 5.69 Å². The molecule has 1 saturated heterocycles. The molecule has 0 saturated carbocycles. The normalized spacial score (nSPS) is 14.3. The predicted octanol–water partition coefficient (Wildman–Crippen LogP) is 4.03. The number of aryl methyl sites for hydroxylation is 1. The maximum Gasteiger partial charge on any atom is 0.262 e. The van der Waals surface area contributed by atoms with Crippen LogP contribution in [0.3, 0.4) is 0 Å². The van der Waals surface area contributed by atoms with Crippen molar-refractivity contribution in [2.45, 2.75) is 32.6 Å². The molecule has 0 bridgehead atoms. The van der Waals surface area contributed by atoms with E-state index in [9.17, 15) is 9.59 Å². The Morgan fingerprint density at radius 1 is 0.963 bits per heavy atom. The lowest BCUT2D eigenvalue weighted by Gasteiger charge is -2.22. The molecule has 1 heterocycles. The Balaban J connectivity index is 1.63. The summed E-state index contributed by atoms with van der Waals surface area (Å²) in [6.45, 7) is 3.44. The van der Waals surface area contributed by atoms with Gasteiger partial charge in [-0.15, -0.1) is 0 Å². The first-order valence-corrected chi connectivity index (χ1v) is 9.51. The molecule has 0 aromatic heterocycles. The lowest BCUT2D eigenvalue weighted by atomic mass is 10.1. The molecule has 0 atom stereocenters. The van der Waals surface area contributed by atoms with Crippen LogP contribution in [0.25, 0.3) is 0 Å². The van der Waals surface area contributed by atoms with Crippen LogP contribution in [0, 0.1) is 6.92 Å². The van der Waals surface area contributed by atoms with Crippen molar-refractivity contribution < 1.29 is 14.3 Å². The van der Waals surface area contributed by atoms with E-state index in [1.54, 1.807) is 12.1 Å². The molecule has 142 valence electrons. The SMILES string of the molecule is Cc1ccc(OCC(=O)Nc2ccccc2C(=O)N2CCCCCC2)cc1. The van der Waals surface area contributed by atoms with E-state index >= 15 is 0 Å². The van der Waals surface area contributed by atoms with E-state index in [4.69, 9.17) is 4.74 Å². The molecule has 0 aliphatic carbocycles. The molecule has 1 N–H and O–H groups in total. The summed E-state index contributed by atoms with van der Waals surface area (Å²) in [5.74, 6) is 0.337. The van der Waals surface area contributed by atoms with Crippen molar-refractivity contribution in [3.05, 3.63) is 59.7 Å². The van der Waals surface area contributed by atoms with Crippen molar-refractivity contribution in [3.63, 3.8) is 0 Å². The number of likely N-dealkylation sites (tertiary alicyclic amines) is 1. The molecule has 2 aromatic rings. The van der Waals surface area contributed by atoms with Crippen molar-refractivity contribution in [1.82, 2.24) is 4.90 Å². The first-order chi connectivity index (χ1) is 13.1. The van der Waals surface area contributed by atoms with Crippen LogP contribution in [0.15, 0.2) is 48.5 Å². The molecule has 1 aliphatic rings. The van der Waals surface area contributed by atoms with E-state index in [1.807, 2.05) is 48.2 Å². The third-order valence-corrected chi connectivity index (χ3v) is 4.72. The van der Waals surface area contributed by atoms with Crippen LogP contribution in [-0.4, -0.2) is 36.4 Å². The summed E-state index contributed by atoms with van der Waals surface area (Å²) < 4.78 is 5.52. The van der Waals surface area contributed by atoms with Gasteiger partial charge in [0.25, 0.3) is 11.8 Å². The van der Waals surface area contributed by atoms with E-state index in [1.165, 1.54) is 12.8 Å². The fourth-order valence-corrected chi connectivity index (χ4v) is 3.19. The summed E-state index contributed by atoms with van der Waals surface area (Å²) in [6, 6.07) is 14.7. The molecule has 2 aromatic carbocycles. The van der Waals surface area contributed by atoms with Crippen LogP contribution < -0.4 is 10.1 Å². The third kappa shape index (κ3) is 5.33. The molecule has 5 heteroatoms. The van der Waals surface area contributed by atoms with Crippen LogP contribution in [0.1, 0.15) is 41.6 Å². The first kappa shape index (κ1) is 19.0. The van der Waals surface area contributed by atoms with Crippen LogP contribution in [-0.2, 0) is 4.79 Å². The summed E-state index contributed by atoms with van der Waals surface area (Å²) in [4.78, 5) is 27.1. The number of ether oxygens (including phenoxy) is 1. The summed E-state index contributed by atoms with van der Waals surface area (Å²) in [5.41, 5.74) is 2.19. The van der Waals surface area contributed by atoms with Gasteiger partial charge in [-0.05, 0) is 44.0 Å². The number of rotatable bonds is 5. The zero-order chi connectivity index (χ0) is 19.1. The average molecular weight is 366 g/mol. The van der Waals surface area contributed by atoms with Crippen molar-refractivity contribution in [1.29, 1.82) is 0 Å². The Bertz CT molecular complexity index is 778. The largest absolute Gasteiger partial charge is 0.484 e. The Morgan fingerprint density at radius 3 is 2.33 bits per heavy atom. The van der Waals surface area contributed by atoms with Gasteiger partial charge in [-0.2, -0.15) is 0 Å². The van der Waals surface area contributed by atoms with Gasteiger partial charge in [0.2, 0.25) is 0 Å². The minimum atomic E-state index is -0.285. The Morgan fingerprint density at radius 2 is 1.63 bits per heavy atom. The molecule has 27 heavy (non-hydrogen) atoms. The highest BCUT2D eigenvalue weighted by Gasteiger charge is 2.20. The molecular formula is C22H26N2O3. The highest BCUT2D eigenvalue weighted by atomic mass is 16.5. The quantitative estimate of drug-likeness (QED) is 0.869. The highest BCUT2D eigenvalue weighted by molar-refractivity contribution is 6.04. The zero-order valence-electron chi connectivity index (χ0n) is 15.7. The van der Waals surface area contributed by atoms with Gasteiger partial charge in [-0.3, -0.25) is 9.59 Å². The fourth-order valence-electron chi connectivity index (χ4n) is 3.19. The number of hydrogen-bond acceptors (Lipinski definition) is 3. The van der Waals surface area contributed by atoms with Crippen molar-refractivity contribution in [2.75, 3.05) is 25.0 Å². The zero-order valence-corrected chi connectivity index (χ0v) is 15.7. The van der Waals surface area contributed by atoms with Gasteiger partial charge in [-0.1, -0.05) is 42.7 Å². The second kappa shape index (κ2) is 9.21. The molecule has 3 rings (SSSR count). The summed E-state index contributed by atoms with van der Waals surface area (Å²) >= 11 is 0. The minimum absolute atomic E-state index is 0.0211. The first-order valence-electron chi connectivity index (χ1n) is 9.51. The lowest BCUT2D eigenvalue weighted by Crippen LogP contribution is -2.33. The molecule has 0 spiro atoms. The van der Waals surface area contributed by atoms with Crippen molar-refractivity contribution >= 4 is 17.5 Å². The topological polar surface area (TPSA) is 58.6 Å². The number of anilines is 1. The van der Waals surface area contributed by atoms with E-state index in [2.05, 4.69) is 5.32 Å².